The molecule has 0 unspecified atom stereocenters. The lowest BCUT2D eigenvalue weighted by atomic mass is 9.97. The predicted octanol–water partition coefficient (Wildman–Crippen LogP) is 14.8. The molecule has 0 aliphatic heterocycles. The number of hydrogen-bond acceptors (Lipinski definition) is 0. The van der Waals surface area contributed by atoms with E-state index in [-0.39, 0.29) is 0 Å². The van der Waals surface area contributed by atoms with Crippen LogP contribution in [0.5, 0.6) is 0 Å². The fourth-order valence-corrected chi connectivity index (χ4v) is 6.64. The van der Waals surface area contributed by atoms with Crippen LogP contribution in [0, 0.1) is 6.92 Å². The Morgan fingerprint density at radius 1 is 0.293 bits per heavy atom. The Morgan fingerprint density at radius 3 is 0.756 bits per heavy atom. The van der Waals surface area contributed by atoms with Crippen molar-refractivity contribution in [2.75, 3.05) is 0 Å². The van der Waals surface area contributed by atoms with Crippen molar-refractivity contribution < 1.29 is 0 Å². The molecular weight excluding hydrogens is 492 g/mol. The molecule has 0 aliphatic carbocycles. The molecule has 0 saturated carbocycles. The maximum atomic E-state index is 2.53. The molecule has 1 aromatic rings. The number of benzene rings is 1. The van der Waals surface area contributed by atoms with Crippen LogP contribution < -0.4 is 0 Å². The van der Waals surface area contributed by atoms with Crippen LogP contribution in [0.4, 0.5) is 0 Å². The van der Waals surface area contributed by atoms with E-state index in [9.17, 15) is 0 Å². The first-order valence-electron chi connectivity index (χ1n) is 19.4. The van der Waals surface area contributed by atoms with E-state index >= 15 is 0 Å². The third-order valence-corrected chi connectivity index (χ3v) is 9.33. The van der Waals surface area contributed by atoms with E-state index in [0.29, 0.717) is 0 Å². The van der Waals surface area contributed by atoms with Crippen molar-refractivity contribution in [2.45, 2.75) is 226 Å². The SMILES string of the molecule is CCCCCCCCCCCCCCCCCc1cc(C)cc(CCCCCCCCCCCCCCCCC)c1. The molecule has 1 rings (SSSR count). The molecule has 240 valence electrons. The third-order valence-electron chi connectivity index (χ3n) is 9.33. The summed E-state index contributed by atoms with van der Waals surface area (Å²) < 4.78 is 0. The summed E-state index contributed by atoms with van der Waals surface area (Å²) in [7, 11) is 0. The lowest BCUT2D eigenvalue weighted by Gasteiger charge is -2.09. The number of aryl methyl sites for hydroxylation is 3. The van der Waals surface area contributed by atoms with Gasteiger partial charge >= 0.3 is 0 Å². The minimum Gasteiger partial charge on any atom is -0.0654 e. The van der Waals surface area contributed by atoms with Gasteiger partial charge in [0, 0.05) is 0 Å². The molecule has 0 aromatic heterocycles. The molecule has 0 N–H and O–H groups in total. The van der Waals surface area contributed by atoms with E-state index in [1.165, 1.54) is 211 Å². The topological polar surface area (TPSA) is 0 Å². The molecule has 0 nitrogen and oxygen atoms in total. The summed E-state index contributed by atoms with van der Waals surface area (Å²) >= 11 is 0. The summed E-state index contributed by atoms with van der Waals surface area (Å²) in [5.74, 6) is 0. The monoisotopic (exact) mass is 569 g/mol. The molecule has 41 heavy (non-hydrogen) atoms. The Bertz CT molecular complexity index is 591. The predicted molar refractivity (Wildman–Crippen MR) is 188 cm³/mol. The molecule has 0 fully saturated rings. The van der Waals surface area contributed by atoms with Crippen LogP contribution in [-0.4, -0.2) is 0 Å². The summed E-state index contributed by atoms with van der Waals surface area (Å²) in [5, 5.41) is 0. The van der Waals surface area contributed by atoms with E-state index < -0.39 is 0 Å². The minimum atomic E-state index is 1.28. The second-order valence-electron chi connectivity index (χ2n) is 13.7. The molecule has 0 bridgehead atoms. The third kappa shape index (κ3) is 26.6. The van der Waals surface area contributed by atoms with Gasteiger partial charge in [-0.05, 0) is 43.7 Å². The van der Waals surface area contributed by atoms with Gasteiger partial charge in [-0.2, -0.15) is 0 Å². The lowest BCUT2D eigenvalue weighted by Crippen LogP contribution is -1.93. The largest absolute Gasteiger partial charge is 0.0654 e. The quantitative estimate of drug-likeness (QED) is 0.0758. The van der Waals surface area contributed by atoms with Gasteiger partial charge in [-0.15, -0.1) is 0 Å². The zero-order chi connectivity index (χ0) is 29.5. The maximum absolute atomic E-state index is 2.53. The van der Waals surface area contributed by atoms with Gasteiger partial charge in [0.05, 0.1) is 0 Å². The fourth-order valence-electron chi connectivity index (χ4n) is 6.64. The molecular formula is C41H76. The molecule has 0 heterocycles. The Balaban J connectivity index is 1.93. The van der Waals surface area contributed by atoms with Crippen LogP contribution in [0.3, 0.4) is 0 Å². The Hall–Kier alpha value is -0.780. The second-order valence-corrected chi connectivity index (χ2v) is 13.7. The van der Waals surface area contributed by atoms with Gasteiger partial charge < -0.3 is 0 Å². The van der Waals surface area contributed by atoms with Crippen molar-refractivity contribution >= 4 is 0 Å². The molecule has 0 atom stereocenters. The van der Waals surface area contributed by atoms with E-state index in [2.05, 4.69) is 39.0 Å². The van der Waals surface area contributed by atoms with E-state index in [1.54, 1.807) is 11.1 Å². The van der Waals surface area contributed by atoms with Crippen LogP contribution in [0.1, 0.15) is 223 Å². The molecule has 0 spiro atoms. The van der Waals surface area contributed by atoms with Gasteiger partial charge in [0.15, 0.2) is 0 Å². The highest BCUT2D eigenvalue weighted by Crippen LogP contribution is 2.18. The molecule has 0 amide bonds. The zero-order valence-corrected chi connectivity index (χ0v) is 28.9. The smallest absolute Gasteiger partial charge is 0.0279 e. The van der Waals surface area contributed by atoms with Crippen molar-refractivity contribution in [3.63, 3.8) is 0 Å². The highest BCUT2D eigenvalue weighted by Gasteiger charge is 2.01. The van der Waals surface area contributed by atoms with Crippen LogP contribution in [0.15, 0.2) is 18.2 Å². The Kier molecular flexibility index (Phi) is 28.6. The summed E-state index contributed by atoms with van der Waals surface area (Å²) in [6, 6.07) is 7.42. The van der Waals surface area contributed by atoms with E-state index in [0.717, 1.165) is 0 Å². The lowest BCUT2D eigenvalue weighted by molar-refractivity contribution is 0.532. The first-order chi connectivity index (χ1) is 20.3. The Morgan fingerprint density at radius 2 is 0.512 bits per heavy atom. The molecule has 0 heteroatoms. The van der Waals surface area contributed by atoms with E-state index in [4.69, 9.17) is 0 Å². The number of hydrogen-bond donors (Lipinski definition) is 0. The first-order valence-corrected chi connectivity index (χ1v) is 19.4. The standard InChI is InChI=1S/C41H76/c1-4-6-8-10-12-14-16-18-20-22-24-26-28-30-32-34-40-36-39(3)37-41(38-40)35-33-31-29-27-25-23-21-19-17-15-13-11-9-7-5-2/h36-38H,4-35H2,1-3H3. The van der Waals surface area contributed by atoms with Gasteiger partial charge in [0.2, 0.25) is 0 Å². The molecule has 0 saturated heterocycles. The van der Waals surface area contributed by atoms with Crippen molar-refractivity contribution in [2.24, 2.45) is 0 Å². The van der Waals surface area contributed by atoms with Gasteiger partial charge in [-0.1, -0.05) is 217 Å². The zero-order valence-electron chi connectivity index (χ0n) is 28.9. The molecule has 0 radical (unpaired) electrons. The first kappa shape index (κ1) is 38.2. The van der Waals surface area contributed by atoms with Crippen LogP contribution in [-0.2, 0) is 12.8 Å². The summed E-state index contributed by atoms with van der Waals surface area (Å²) in [6.45, 7) is 6.91. The normalized spacial score (nSPS) is 11.5. The van der Waals surface area contributed by atoms with Crippen molar-refractivity contribution in [1.82, 2.24) is 0 Å². The minimum absolute atomic E-state index is 1.28. The molecule has 1 aromatic carbocycles. The van der Waals surface area contributed by atoms with Crippen LogP contribution in [0.25, 0.3) is 0 Å². The van der Waals surface area contributed by atoms with Crippen LogP contribution >= 0.6 is 0 Å². The van der Waals surface area contributed by atoms with Crippen molar-refractivity contribution in [3.8, 4) is 0 Å². The van der Waals surface area contributed by atoms with Gasteiger partial charge in [-0.25, -0.2) is 0 Å². The average Bonchev–Trinajstić information content (AvgIpc) is 2.97. The summed E-state index contributed by atoms with van der Waals surface area (Å²) in [6.07, 6.45) is 46.0. The number of rotatable bonds is 32. The van der Waals surface area contributed by atoms with Crippen molar-refractivity contribution in [1.29, 1.82) is 0 Å². The molecule has 0 aliphatic rings. The summed E-state index contributed by atoms with van der Waals surface area (Å²) in [5.41, 5.74) is 4.66. The fraction of sp³-hybridized carbons (Fsp3) is 0.854. The summed E-state index contributed by atoms with van der Waals surface area (Å²) in [4.78, 5) is 0. The average molecular weight is 569 g/mol. The van der Waals surface area contributed by atoms with Crippen molar-refractivity contribution in [3.05, 3.63) is 34.9 Å². The van der Waals surface area contributed by atoms with Gasteiger partial charge in [-0.3, -0.25) is 0 Å². The maximum Gasteiger partial charge on any atom is -0.0279 e. The highest BCUT2D eigenvalue weighted by molar-refractivity contribution is 5.29. The van der Waals surface area contributed by atoms with Gasteiger partial charge in [0.25, 0.3) is 0 Å². The highest BCUT2D eigenvalue weighted by atomic mass is 14.1. The number of unbranched alkanes of at least 4 members (excludes halogenated alkanes) is 28. The van der Waals surface area contributed by atoms with Crippen LogP contribution in [0.2, 0.25) is 0 Å². The second kappa shape index (κ2) is 30.7. The Labute approximate surface area is 260 Å². The van der Waals surface area contributed by atoms with E-state index in [1.807, 2.05) is 0 Å². The van der Waals surface area contributed by atoms with Gasteiger partial charge in [0.1, 0.15) is 0 Å².